The zero-order chi connectivity index (χ0) is 14.1. The molecule has 19 heavy (non-hydrogen) atoms. The predicted octanol–water partition coefficient (Wildman–Crippen LogP) is 1.66. The maximum absolute atomic E-state index is 12.1. The molecule has 0 aliphatic heterocycles. The summed E-state index contributed by atoms with van der Waals surface area (Å²) in [5.41, 5.74) is -0.417. The summed E-state index contributed by atoms with van der Waals surface area (Å²) in [5, 5.41) is 12.0. The van der Waals surface area contributed by atoms with Crippen molar-refractivity contribution < 1.29 is 14.7 Å². The number of hydrogen-bond donors (Lipinski definition) is 3. The maximum Gasteiger partial charge on any atom is 0.319 e. The van der Waals surface area contributed by atoms with Crippen LogP contribution in [0.15, 0.2) is 18.3 Å². The molecule has 0 unspecified atom stereocenters. The highest BCUT2D eigenvalue weighted by Crippen LogP contribution is 2.41. The van der Waals surface area contributed by atoms with Crippen LogP contribution in [0.1, 0.15) is 38.8 Å². The molecule has 0 radical (unpaired) electrons. The SMILES string of the molecule is CC(C)(CNC(=O)C1(C(=O)O)CCC1)c1ccc[nH]1. The number of amides is 1. The number of aliphatic carboxylic acids is 1. The Morgan fingerprint density at radius 3 is 2.58 bits per heavy atom. The number of carboxylic acid groups (broad SMARTS) is 1. The molecule has 0 saturated heterocycles. The molecular formula is C14H20N2O3. The molecule has 104 valence electrons. The van der Waals surface area contributed by atoms with E-state index in [4.69, 9.17) is 0 Å². The molecule has 1 aromatic heterocycles. The number of H-pyrrole nitrogens is 1. The third-order valence-electron chi connectivity index (χ3n) is 4.07. The van der Waals surface area contributed by atoms with Gasteiger partial charge >= 0.3 is 5.97 Å². The molecule has 1 aromatic rings. The predicted molar refractivity (Wildman–Crippen MR) is 70.7 cm³/mol. The van der Waals surface area contributed by atoms with Crippen LogP contribution in [0.4, 0.5) is 0 Å². The number of nitrogens with one attached hydrogen (secondary N) is 2. The Kier molecular flexibility index (Phi) is 3.39. The van der Waals surface area contributed by atoms with Gasteiger partial charge in [0.15, 0.2) is 0 Å². The number of carboxylic acids is 1. The van der Waals surface area contributed by atoms with Gasteiger partial charge in [0.25, 0.3) is 0 Å². The second-order valence-electron chi connectivity index (χ2n) is 5.89. The molecule has 0 atom stereocenters. The van der Waals surface area contributed by atoms with Gasteiger partial charge in [0.1, 0.15) is 5.41 Å². The van der Waals surface area contributed by atoms with Crippen LogP contribution in [-0.2, 0) is 15.0 Å². The lowest BCUT2D eigenvalue weighted by atomic mass is 9.68. The minimum Gasteiger partial charge on any atom is -0.480 e. The van der Waals surface area contributed by atoms with Crippen LogP contribution < -0.4 is 5.32 Å². The number of carbonyl (C=O) groups is 2. The van der Waals surface area contributed by atoms with Gasteiger partial charge in [-0.25, -0.2) is 0 Å². The van der Waals surface area contributed by atoms with Gasteiger partial charge in [-0.1, -0.05) is 20.3 Å². The Hall–Kier alpha value is -1.78. The fourth-order valence-electron chi connectivity index (χ4n) is 2.39. The van der Waals surface area contributed by atoms with E-state index in [9.17, 15) is 14.7 Å². The van der Waals surface area contributed by atoms with E-state index in [0.717, 1.165) is 12.1 Å². The third kappa shape index (κ3) is 2.37. The Labute approximate surface area is 112 Å². The molecule has 1 heterocycles. The Morgan fingerprint density at radius 2 is 2.16 bits per heavy atom. The summed E-state index contributed by atoms with van der Waals surface area (Å²) in [5.74, 6) is -1.36. The smallest absolute Gasteiger partial charge is 0.319 e. The minimum atomic E-state index is -1.19. The van der Waals surface area contributed by atoms with E-state index in [2.05, 4.69) is 10.3 Å². The van der Waals surface area contributed by atoms with E-state index >= 15 is 0 Å². The van der Waals surface area contributed by atoms with E-state index in [1.807, 2.05) is 32.2 Å². The summed E-state index contributed by atoms with van der Waals surface area (Å²) in [7, 11) is 0. The van der Waals surface area contributed by atoms with Crippen molar-refractivity contribution in [1.82, 2.24) is 10.3 Å². The Bertz CT molecular complexity index is 473. The van der Waals surface area contributed by atoms with E-state index in [-0.39, 0.29) is 11.3 Å². The highest BCUT2D eigenvalue weighted by molar-refractivity contribution is 6.02. The second-order valence-corrected chi connectivity index (χ2v) is 5.89. The number of hydrogen-bond acceptors (Lipinski definition) is 2. The van der Waals surface area contributed by atoms with Gasteiger partial charge < -0.3 is 15.4 Å². The number of rotatable bonds is 5. The summed E-state index contributed by atoms with van der Waals surface area (Å²) in [6, 6.07) is 3.87. The van der Waals surface area contributed by atoms with Gasteiger partial charge in [-0.15, -0.1) is 0 Å². The van der Waals surface area contributed by atoms with Crippen LogP contribution in [-0.4, -0.2) is 28.5 Å². The van der Waals surface area contributed by atoms with Crippen LogP contribution in [0.5, 0.6) is 0 Å². The van der Waals surface area contributed by atoms with Crippen molar-refractivity contribution in [2.24, 2.45) is 5.41 Å². The summed E-state index contributed by atoms with van der Waals surface area (Å²) in [4.78, 5) is 26.5. The molecule has 0 aromatic carbocycles. The molecule has 5 heteroatoms. The number of carbonyl (C=O) groups excluding carboxylic acids is 1. The fourth-order valence-corrected chi connectivity index (χ4v) is 2.39. The Morgan fingerprint density at radius 1 is 1.47 bits per heavy atom. The van der Waals surface area contributed by atoms with Gasteiger partial charge in [-0.2, -0.15) is 0 Å². The first-order valence-corrected chi connectivity index (χ1v) is 6.54. The third-order valence-corrected chi connectivity index (χ3v) is 4.07. The molecule has 5 nitrogen and oxygen atoms in total. The average molecular weight is 264 g/mol. The first kappa shape index (κ1) is 13.6. The van der Waals surface area contributed by atoms with Crippen LogP contribution in [0.2, 0.25) is 0 Å². The van der Waals surface area contributed by atoms with Gasteiger partial charge in [0.05, 0.1) is 0 Å². The molecule has 1 aliphatic carbocycles. The molecular weight excluding hydrogens is 244 g/mol. The number of aromatic nitrogens is 1. The summed E-state index contributed by atoms with van der Waals surface area (Å²) < 4.78 is 0. The molecule has 3 N–H and O–H groups in total. The largest absolute Gasteiger partial charge is 0.480 e. The van der Waals surface area contributed by atoms with Gasteiger partial charge in [0.2, 0.25) is 5.91 Å². The van der Waals surface area contributed by atoms with E-state index in [0.29, 0.717) is 19.4 Å². The first-order valence-electron chi connectivity index (χ1n) is 6.54. The molecule has 2 rings (SSSR count). The van der Waals surface area contributed by atoms with Crippen LogP contribution in [0, 0.1) is 5.41 Å². The van der Waals surface area contributed by atoms with Gasteiger partial charge in [0, 0.05) is 23.9 Å². The normalized spacial score (nSPS) is 17.6. The van der Waals surface area contributed by atoms with Crippen molar-refractivity contribution in [1.29, 1.82) is 0 Å². The van der Waals surface area contributed by atoms with Crippen molar-refractivity contribution in [3.05, 3.63) is 24.0 Å². The molecule has 1 amide bonds. The highest BCUT2D eigenvalue weighted by atomic mass is 16.4. The molecule has 1 aliphatic rings. The first-order chi connectivity index (χ1) is 8.88. The zero-order valence-corrected chi connectivity index (χ0v) is 11.3. The maximum atomic E-state index is 12.1. The number of aromatic amines is 1. The lowest BCUT2D eigenvalue weighted by Gasteiger charge is -2.37. The molecule has 0 spiro atoms. The zero-order valence-electron chi connectivity index (χ0n) is 11.3. The molecule has 0 bridgehead atoms. The van der Waals surface area contributed by atoms with Crippen molar-refractivity contribution in [2.75, 3.05) is 6.54 Å². The quantitative estimate of drug-likeness (QED) is 0.707. The van der Waals surface area contributed by atoms with Crippen LogP contribution >= 0.6 is 0 Å². The molecule has 1 fully saturated rings. The van der Waals surface area contributed by atoms with Crippen LogP contribution in [0.3, 0.4) is 0 Å². The monoisotopic (exact) mass is 264 g/mol. The van der Waals surface area contributed by atoms with E-state index in [1.165, 1.54) is 0 Å². The summed E-state index contributed by atoms with van der Waals surface area (Å²) >= 11 is 0. The van der Waals surface area contributed by atoms with Crippen molar-refractivity contribution in [3.63, 3.8) is 0 Å². The summed E-state index contributed by atoms with van der Waals surface area (Å²) in [6.07, 6.45) is 3.53. The minimum absolute atomic E-state index is 0.247. The van der Waals surface area contributed by atoms with Gasteiger partial charge in [-0.05, 0) is 25.0 Å². The van der Waals surface area contributed by atoms with Crippen molar-refractivity contribution in [3.8, 4) is 0 Å². The van der Waals surface area contributed by atoms with Gasteiger partial charge in [-0.3, -0.25) is 9.59 Å². The fraction of sp³-hybridized carbons (Fsp3) is 0.571. The second kappa shape index (κ2) is 4.72. The van der Waals surface area contributed by atoms with E-state index in [1.54, 1.807) is 0 Å². The van der Waals surface area contributed by atoms with E-state index < -0.39 is 11.4 Å². The molecule has 1 saturated carbocycles. The average Bonchev–Trinajstić information content (AvgIpc) is 2.78. The van der Waals surface area contributed by atoms with Crippen molar-refractivity contribution in [2.45, 2.75) is 38.5 Å². The highest BCUT2D eigenvalue weighted by Gasteiger charge is 2.51. The lowest BCUT2D eigenvalue weighted by molar-refractivity contribution is -0.162. The lowest BCUT2D eigenvalue weighted by Crippen LogP contribution is -2.53. The summed E-state index contributed by atoms with van der Waals surface area (Å²) in [6.45, 7) is 4.43. The standard InChI is InChI=1S/C14H20N2O3/c1-13(2,10-5-3-8-15-10)9-16-11(17)14(12(18)19)6-4-7-14/h3,5,8,15H,4,6-7,9H2,1-2H3,(H,16,17)(H,18,19). The topological polar surface area (TPSA) is 82.2 Å². The van der Waals surface area contributed by atoms with Crippen LogP contribution in [0.25, 0.3) is 0 Å². The van der Waals surface area contributed by atoms with Crippen molar-refractivity contribution >= 4 is 11.9 Å². The Balaban J connectivity index is 1.99.